The lowest BCUT2D eigenvalue weighted by molar-refractivity contribution is -0.120. The second kappa shape index (κ2) is 7.04. The van der Waals surface area contributed by atoms with Gasteiger partial charge >= 0.3 is 0 Å². The fraction of sp³-hybridized carbons (Fsp3) is 0.500. The fourth-order valence-corrected chi connectivity index (χ4v) is 3.30. The van der Waals surface area contributed by atoms with Crippen molar-refractivity contribution in [2.45, 2.75) is 26.2 Å². The molecule has 124 valence electrons. The van der Waals surface area contributed by atoms with E-state index >= 15 is 0 Å². The van der Waals surface area contributed by atoms with Crippen LogP contribution in [-0.2, 0) is 11.2 Å². The molecule has 1 aliphatic heterocycles. The molecule has 2 heterocycles. The van der Waals surface area contributed by atoms with Crippen LogP contribution in [0.5, 0.6) is 5.75 Å². The van der Waals surface area contributed by atoms with Crippen molar-refractivity contribution in [3.8, 4) is 5.75 Å². The summed E-state index contributed by atoms with van der Waals surface area (Å²) in [6, 6.07) is 5.92. The number of methoxy groups -OCH3 is 1. The average molecular weight is 315 g/mol. The number of amides is 1. The molecule has 0 unspecified atom stereocenters. The van der Waals surface area contributed by atoms with E-state index in [0.717, 1.165) is 54.1 Å². The van der Waals surface area contributed by atoms with Gasteiger partial charge in [-0.1, -0.05) is 0 Å². The predicted molar refractivity (Wildman–Crippen MR) is 92.0 cm³/mol. The Morgan fingerprint density at radius 1 is 1.35 bits per heavy atom. The van der Waals surface area contributed by atoms with Gasteiger partial charge in [-0.3, -0.25) is 4.79 Å². The van der Waals surface area contributed by atoms with E-state index < -0.39 is 0 Å². The lowest BCUT2D eigenvalue weighted by Gasteiger charge is -2.14. The van der Waals surface area contributed by atoms with Crippen molar-refractivity contribution in [1.29, 1.82) is 0 Å². The van der Waals surface area contributed by atoms with Gasteiger partial charge < -0.3 is 19.9 Å². The number of aromatic nitrogens is 1. The number of hydrogen-bond donors (Lipinski definition) is 2. The van der Waals surface area contributed by atoms with Crippen LogP contribution in [0.4, 0.5) is 0 Å². The van der Waals surface area contributed by atoms with Crippen LogP contribution in [0.1, 0.15) is 24.1 Å². The number of carbonyl (C=O) groups is 1. The molecule has 1 amide bonds. The number of nitrogens with zero attached hydrogens (tertiary/aromatic N) is 1. The summed E-state index contributed by atoms with van der Waals surface area (Å²) in [4.78, 5) is 18.0. The molecular formula is C18H25N3O2. The summed E-state index contributed by atoms with van der Waals surface area (Å²) < 4.78 is 5.29. The van der Waals surface area contributed by atoms with Crippen LogP contribution in [-0.4, -0.2) is 49.1 Å². The number of rotatable bonds is 6. The number of aromatic amines is 1. The van der Waals surface area contributed by atoms with Gasteiger partial charge in [-0.05, 0) is 56.6 Å². The van der Waals surface area contributed by atoms with Gasteiger partial charge in [-0.2, -0.15) is 0 Å². The summed E-state index contributed by atoms with van der Waals surface area (Å²) in [7, 11) is 1.66. The first-order chi connectivity index (χ1) is 11.2. The van der Waals surface area contributed by atoms with E-state index in [2.05, 4.69) is 15.2 Å². The van der Waals surface area contributed by atoms with Crippen molar-refractivity contribution in [1.82, 2.24) is 15.2 Å². The molecule has 0 atom stereocenters. The minimum absolute atomic E-state index is 0.0796. The number of likely N-dealkylation sites (tertiary alicyclic amines) is 1. The van der Waals surface area contributed by atoms with Crippen LogP contribution in [0.15, 0.2) is 18.2 Å². The number of carbonyl (C=O) groups excluding carboxylic acids is 1. The molecule has 1 aromatic carbocycles. The predicted octanol–water partition coefficient (Wildman–Crippen LogP) is 2.24. The van der Waals surface area contributed by atoms with Crippen molar-refractivity contribution in [2.75, 3.05) is 33.3 Å². The number of nitrogens with one attached hydrogen (secondary N) is 2. The van der Waals surface area contributed by atoms with E-state index in [9.17, 15) is 4.79 Å². The molecule has 0 aliphatic carbocycles. The number of benzene rings is 1. The molecule has 5 heteroatoms. The zero-order chi connectivity index (χ0) is 16.2. The second-order valence-corrected chi connectivity index (χ2v) is 6.22. The fourth-order valence-electron chi connectivity index (χ4n) is 3.30. The number of aryl methyl sites for hydroxylation is 1. The molecule has 1 aromatic heterocycles. The van der Waals surface area contributed by atoms with E-state index in [1.807, 2.05) is 25.1 Å². The number of hydrogen-bond acceptors (Lipinski definition) is 3. The van der Waals surface area contributed by atoms with Gasteiger partial charge in [-0.25, -0.2) is 0 Å². The highest BCUT2D eigenvalue weighted by molar-refractivity contribution is 5.90. The molecule has 0 radical (unpaired) electrons. The third kappa shape index (κ3) is 3.67. The summed E-state index contributed by atoms with van der Waals surface area (Å²) in [5, 5.41) is 4.11. The lowest BCUT2D eigenvalue weighted by Crippen LogP contribution is -2.34. The van der Waals surface area contributed by atoms with Gasteiger partial charge in [0.1, 0.15) is 5.75 Å². The molecule has 2 aromatic rings. The first-order valence-corrected chi connectivity index (χ1v) is 8.31. The number of fused-ring (bicyclic) bond motifs is 1. The normalized spacial score (nSPS) is 15.2. The number of ether oxygens (including phenoxy) is 1. The van der Waals surface area contributed by atoms with E-state index in [4.69, 9.17) is 4.74 Å². The maximum absolute atomic E-state index is 12.3. The zero-order valence-corrected chi connectivity index (χ0v) is 13.9. The molecule has 2 N–H and O–H groups in total. The summed E-state index contributed by atoms with van der Waals surface area (Å²) in [5.41, 5.74) is 3.14. The van der Waals surface area contributed by atoms with Gasteiger partial charge in [0, 0.05) is 29.7 Å². The Morgan fingerprint density at radius 3 is 2.87 bits per heavy atom. The van der Waals surface area contributed by atoms with Gasteiger partial charge in [0.05, 0.1) is 13.5 Å². The molecule has 3 rings (SSSR count). The van der Waals surface area contributed by atoms with Crippen molar-refractivity contribution >= 4 is 16.8 Å². The minimum Gasteiger partial charge on any atom is -0.497 e. The van der Waals surface area contributed by atoms with Gasteiger partial charge in [0.15, 0.2) is 0 Å². The Balaban J connectivity index is 1.63. The number of H-pyrrole nitrogens is 1. The lowest BCUT2D eigenvalue weighted by atomic mass is 10.1. The smallest absolute Gasteiger partial charge is 0.224 e. The van der Waals surface area contributed by atoms with Gasteiger partial charge in [0.2, 0.25) is 5.91 Å². The molecule has 0 saturated carbocycles. The SMILES string of the molecule is COc1ccc2[nH]c(C)c(CC(=O)NCCN3CCCC3)c2c1. The third-order valence-electron chi connectivity index (χ3n) is 4.61. The van der Waals surface area contributed by atoms with Crippen LogP contribution in [0.2, 0.25) is 0 Å². The molecule has 23 heavy (non-hydrogen) atoms. The Labute approximate surface area is 137 Å². The topological polar surface area (TPSA) is 57.4 Å². The van der Waals surface area contributed by atoms with E-state index in [-0.39, 0.29) is 5.91 Å². The van der Waals surface area contributed by atoms with E-state index in [0.29, 0.717) is 6.42 Å². The summed E-state index contributed by atoms with van der Waals surface area (Å²) in [5.74, 6) is 0.892. The molecular weight excluding hydrogens is 290 g/mol. The monoisotopic (exact) mass is 315 g/mol. The Hall–Kier alpha value is -2.01. The molecule has 1 aliphatic rings. The standard InChI is InChI=1S/C18H25N3O2/c1-13-15(16-11-14(23-2)5-6-17(16)20-13)12-18(22)19-7-10-21-8-3-4-9-21/h5-6,11,20H,3-4,7-10,12H2,1-2H3,(H,19,22). The van der Waals surface area contributed by atoms with Crippen LogP contribution in [0.25, 0.3) is 10.9 Å². The summed E-state index contributed by atoms with van der Waals surface area (Å²) >= 11 is 0. The van der Waals surface area contributed by atoms with Crippen molar-refractivity contribution in [2.24, 2.45) is 0 Å². The zero-order valence-electron chi connectivity index (χ0n) is 13.9. The molecule has 1 saturated heterocycles. The molecule has 0 spiro atoms. The third-order valence-corrected chi connectivity index (χ3v) is 4.61. The Bertz CT molecular complexity index is 687. The van der Waals surface area contributed by atoms with Gasteiger partial charge in [0.25, 0.3) is 0 Å². The maximum Gasteiger partial charge on any atom is 0.224 e. The van der Waals surface area contributed by atoms with Gasteiger partial charge in [-0.15, -0.1) is 0 Å². The van der Waals surface area contributed by atoms with E-state index in [1.54, 1.807) is 7.11 Å². The highest BCUT2D eigenvalue weighted by atomic mass is 16.5. The quantitative estimate of drug-likeness (QED) is 0.859. The van der Waals surface area contributed by atoms with Crippen molar-refractivity contribution in [3.63, 3.8) is 0 Å². The van der Waals surface area contributed by atoms with Crippen LogP contribution >= 0.6 is 0 Å². The average Bonchev–Trinajstić information content (AvgIpc) is 3.16. The van der Waals surface area contributed by atoms with Crippen molar-refractivity contribution in [3.05, 3.63) is 29.5 Å². The second-order valence-electron chi connectivity index (χ2n) is 6.22. The largest absolute Gasteiger partial charge is 0.497 e. The highest BCUT2D eigenvalue weighted by Gasteiger charge is 2.14. The summed E-state index contributed by atoms with van der Waals surface area (Å²) in [6.45, 7) is 6.02. The molecule has 0 bridgehead atoms. The van der Waals surface area contributed by atoms with Crippen molar-refractivity contribution < 1.29 is 9.53 Å². The van der Waals surface area contributed by atoms with Crippen LogP contribution in [0.3, 0.4) is 0 Å². The molecule has 1 fully saturated rings. The highest BCUT2D eigenvalue weighted by Crippen LogP contribution is 2.26. The minimum atomic E-state index is 0.0796. The van der Waals surface area contributed by atoms with Crippen LogP contribution < -0.4 is 10.1 Å². The summed E-state index contributed by atoms with van der Waals surface area (Å²) in [6.07, 6.45) is 2.97. The first kappa shape index (κ1) is 15.9. The maximum atomic E-state index is 12.3. The Kier molecular flexibility index (Phi) is 4.86. The molecule has 5 nitrogen and oxygen atoms in total. The Morgan fingerprint density at radius 2 is 2.13 bits per heavy atom. The van der Waals surface area contributed by atoms with Crippen LogP contribution in [0, 0.1) is 6.92 Å². The first-order valence-electron chi connectivity index (χ1n) is 8.31. The van der Waals surface area contributed by atoms with E-state index in [1.165, 1.54) is 12.8 Å².